The van der Waals surface area contributed by atoms with Crippen molar-refractivity contribution in [2.75, 3.05) is 29.0 Å². The Labute approximate surface area is 155 Å². The van der Waals surface area contributed by atoms with Gasteiger partial charge in [-0.2, -0.15) is 0 Å². The van der Waals surface area contributed by atoms with Crippen LogP contribution in [0.4, 0.5) is 11.4 Å². The van der Waals surface area contributed by atoms with Gasteiger partial charge >= 0.3 is 0 Å². The monoisotopic (exact) mass is 391 g/mol. The molecule has 1 unspecified atom stereocenters. The molecule has 1 aliphatic rings. The molecule has 1 amide bonds. The summed E-state index contributed by atoms with van der Waals surface area (Å²) in [4.78, 5) is 12.3. The lowest BCUT2D eigenvalue weighted by molar-refractivity contribution is -0.119. The topological polar surface area (TPSA) is 111 Å². The molecule has 1 aromatic carbocycles. The van der Waals surface area contributed by atoms with Crippen molar-refractivity contribution in [3.8, 4) is 0 Å². The molecule has 1 heterocycles. The zero-order valence-corrected chi connectivity index (χ0v) is 15.9. The van der Waals surface area contributed by atoms with Gasteiger partial charge in [0, 0.05) is 18.9 Å². The number of amides is 1. The molecule has 1 aliphatic heterocycles. The molecule has 1 atom stereocenters. The molecule has 0 aromatic heterocycles. The smallest absolute Gasteiger partial charge is 0.241 e. The molecule has 1 aromatic rings. The highest BCUT2D eigenvalue weighted by Crippen LogP contribution is 2.20. The number of carbonyl (C=O) groups is 1. The molecule has 7 nitrogen and oxygen atoms in total. The summed E-state index contributed by atoms with van der Waals surface area (Å²) >= 11 is 0. The Balaban J connectivity index is 0.00000312. The number of sulfonamides is 1. The molecule has 0 spiro atoms. The molecule has 2 rings (SSSR count). The zero-order chi connectivity index (χ0) is 17.6. The Morgan fingerprint density at radius 3 is 2.60 bits per heavy atom. The Bertz CT molecular complexity index is 663. The molecular formula is C16H26ClN3O4S. The molecule has 142 valence electrons. The van der Waals surface area contributed by atoms with Gasteiger partial charge in [-0.1, -0.05) is 13.0 Å². The Hall–Kier alpha value is -1.35. The van der Waals surface area contributed by atoms with E-state index in [1.807, 2.05) is 0 Å². The van der Waals surface area contributed by atoms with Crippen LogP contribution in [-0.2, 0) is 19.6 Å². The van der Waals surface area contributed by atoms with E-state index >= 15 is 0 Å². The van der Waals surface area contributed by atoms with Gasteiger partial charge in [0.25, 0.3) is 0 Å². The van der Waals surface area contributed by atoms with Crippen LogP contribution in [0.25, 0.3) is 0 Å². The van der Waals surface area contributed by atoms with Crippen molar-refractivity contribution in [2.45, 2.75) is 32.2 Å². The zero-order valence-electron chi connectivity index (χ0n) is 14.2. The predicted octanol–water partition coefficient (Wildman–Crippen LogP) is 1.95. The largest absolute Gasteiger partial charge is 0.381 e. The van der Waals surface area contributed by atoms with E-state index in [4.69, 9.17) is 10.5 Å². The van der Waals surface area contributed by atoms with Crippen LogP contribution in [0.3, 0.4) is 0 Å². The standard InChI is InChI=1S/C16H25N3O4S.ClH/c1-2-10-24(21,22)19-14-5-3-4-13(11-14)18-16(20)15(17)12-6-8-23-9-7-12;/h3-5,11-12,15,19H,2,6-10,17H2,1H3,(H,18,20);1H. The summed E-state index contributed by atoms with van der Waals surface area (Å²) in [7, 11) is -3.36. The van der Waals surface area contributed by atoms with Gasteiger partial charge in [-0.3, -0.25) is 9.52 Å². The van der Waals surface area contributed by atoms with Crippen LogP contribution in [0, 0.1) is 5.92 Å². The molecule has 1 fully saturated rings. The minimum absolute atomic E-state index is 0. The summed E-state index contributed by atoms with van der Waals surface area (Å²) in [6, 6.07) is 6.00. The van der Waals surface area contributed by atoms with E-state index in [1.54, 1.807) is 31.2 Å². The Kier molecular flexibility index (Phi) is 8.64. The van der Waals surface area contributed by atoms with Crippen LogP contribution in [0.5, 0.6) is 0 Å². The number of anilines is 2. The van der Waals surface area contributed by atoms with Crippen molar-refractivity contribution >= 4 is 39.7 Å². The predicted molar refractivity (Wildman–Crippen MR) is 102 cm³/mol. The van der Waals surface area contributed by atoms with E-state index in [0.717, 1.165) is 12.8 Å². The van der Waals surface area contributed by atoms with E-state index in [9.17, 15) is 13.2 Å². The second kappa shape index (κ2) is 9.96. The number of rotatable bonds is 7. The fourth-order valence-electron chi connectivity index (χ4n) is 2.67. The third kappa shape index (κ3) is 6.81. The van der Waals surface area contributed by atoms with E-state index in [1.165, 1.54) is 0 Å². The van der Waals surface area contributed by atoms with Crippen molar-refractivity contribution < 1.29 is 17.9 Å². The minimum atomic E-state index is -3.36. The number of hydrogen-bond donors (Lipinski definition) is 3. The molecule has 0 saturated carbocycles. The number of nitrogens with two attached hydrogens (primary N) is 1. The minimum Gasteiger partial charge on any atom is -0.381 e. The Morgan fingerprint density at radius 1 is 1.32 bits per heavy atom. The fraction of sp³-hybridized carbons (Fsp3) is 0.562. The van der Waals surface area contributed by atoms with Crippen LogP contribution in [0.1, 0.15) is 26.2 Å². The van der Waals surface area contributed by atoms with E-state index in [2.05, 4.69) is 10.0 Å². The van der Waals surface area contributed by atoms with Gasteiger partial charge in [0.15, 0.2) is 0 Å². The number of hydrogen-bond acceptors (Lipinski definition) is 5. The summed E-state index contributed by atoms with van der Waals surface area (Å²) in [5, 5.41) is 2.76. The van der Waals surface area contributed by atoms with Crippen LogP contribution in [-0.4, -0.2) is 39.3 Å². The third-order valence-electron chi connectivity index (χ3n) is 3.95. The van der Waals surface area contributed by atoms with Crippen molar-refractivity contribution in [3.63, 3.8) is 0 Å². The highest BCUT2D eigenvalue weighted by molar-refractivity contribution is 7.92. The maximum absolute atomic E-state index is 12.3. The first-order valence-electron chi connectivity index (χ1n) is 8.16. The average Bonchev–Trinajstić information content (AvgIpc) is 2.54. The number of ether oxygens (including phenoxy) is 1. The SMILES string of the molecule is CCCS(=O)(=O)Nc1cccc(NC(=O)C(N)C2CCOCC2)c1.Cl. The van der Waals surface area contributed by atoms with Crippen molar-refractivity contribution in [3.05, 3.63) is 24.3 Å². The number of halogens is 1. The molecule has 0 aliphatic carbocycles. The van der Waals surface area contributed by atoms with Gasteiger partial charge in [0.05, 0.1) is 17.5 Å². The first kappa shape index (κ1) is 21.7. The lowest BCUT2D eigenvalue weighted by atomic mass is 9.92. The van der Waals surface area contributed by atoms with E-state index < -0.39 is 16.1 Å². The second-order valence-electron chi connectivity index (χ2n) is 5.97. The summed E-state index contributed by atoms with van der Waals surface area (Å²) in [6.07, 6.45) is 2.07. The van der Waals surface area contributed by atoms with Gasteiger partial charge in [-0.25, -0.2) is 8.42 Å². The lowest BCUT2D eigenvalue weighted by Gasteiger charge is -2.26. The number of carbonyl (C=O) groups excluding carboxylic acids is 1. The first-order chi connectivity index (χ1) is 11.4. The molecule has 4 N–H and O–H groups in total. The van der Waals surface area contributed by atoms with Gasteiger partial charge < -0.3 is 15.8 Å². The molecule has 0 bridgehead atoms. The maximum Gasteiger partial charge on any atom is 0.241 e. The fourth-order valence-corrected chi connectivity index (χ4v) is 3.80. The summed E-state index contributed by atoms with van der Waals surface area (Å²) < 4.78 is 31.4. The first-order valence-corrected chi connectivity index (χ1v) is 9.81. The van der Waals surface area contributed by atoms with Crippen LogP contribution < -0.4 is 15.8 Å². The molecule has 25 heavy (non-hydrogen) atoms. The molecule has 9 heteroatoms. The van der Waals surface area contributed by atoms with E-state index in [0.29, 0.717) is 31.0 Å². The van der Waals surface area contributed by atoms with Crippen LogP contribution >= 0.6 is 12.4 Å². The molecule has 0 radical (unpaired) electrons. The number of nitrogens with one attached hydrogen (secondary N) is 2. The summed E-state index contributed by atoms with van der Waals surface area (Å²) in [6.45, 7) is 3.05. The van der Waals surface area contributed by atoms with Crippen molar-refractivity contribution in [2.24, 2.45) is 11.7 Å². The highest BCUT2D eigenvalue weighted by atomic mass is 35.5. The van der Waals surface area contributed by atoms with Gasteiger partial charge in [0.2, 0.25) is 15.9 Å². The quantitative estimate of drug-likeness (QED) is 0.657. The van der Waals surface area contributed by atoms with Crippen molar-refractivity contribution in [1.82, 2.24) is 0 Å². The van der Waals surface area contributed by atoms with Crippen molar-refractivity contribution in [1.29, 1.82) is 0 Å². The summed E-state index contributed by atoms with van der Waals surface area (Å²) in [5.74, 6) is -0.112. The highest BCUT2D eigenvalue weighted by Gasteiger charge is 2.26. The molecular weight excluding hydrogens is 366 g/mol. The van der Waals surface area contributed by atoms with E-state index in [-0.39, 0.29) is 30.0 Å². The Morgan fingerprint density at radius 2 is 1.96 bits per heavy atom. The third-order valence-corrected chi connectivity index (χ3v) is 5.45. The normalized spacial score (nSPS) is 16.6. The van der Waals surface area contributed by atoms with Crippen LogP contribution in [0.15, 0.2) is 24.3 Å². The average molecular weight is 392 g/mol. The lowest BCUT2D eigenvalue weighted by Crippen LogP contribution is -2.44. The van der Waals surface area contributed by atoms with Gasteiger partial charge in [0.1, 0.15) is 0 Å². The van der Waals surface area contributed by atoms with Gasteiger partial charge in [-0.05, 0) is 43.4 Å². The second-order valence-corrected chi connectivity index (χ2v) is 7.81. The maximum atomic E-state index is 12.3. The van der Waals surface area contributed by atoms with Gasteiger partial charge in [-0.15, -0.1) is 12.4 Å². The molecule has 1 saturated heterocycles. The summed E-state index contributed by atoms with van der Waals surface area (Å²) in [5.41, 5.74) is 6.97. The van der Waals surface area contributed by atoms with Crippen LogP contribution in [0.2, 0.25) is 0 Å². The number of benzene rings is 1.